The van der Waals surface area contributed by atoms with Crippen LogP contribution in [0.15, 0.2) is 24.4 Å². The van der Waals surface area contributed by atoms with E-state index in [4.69, 9.17) is 0 Å². The molecule has 2 aromatic rings. The number of aliphatic hydroxyl groups excluding tert-OH is 1. The molecule has 1 aliphatic rings. The van der Waals surface area contributed by atoms with Gasteiger partial charge in [0.25, 0.3) is 5.91 Å². The van der Waals surface area contributed by atoms with Crippen LogP contribution in [0.5, 0.6) is 0 Å². The predicted octanol–water partition coefficient (Wildman–Crippen LogP) is 3.13. The zero-order chi connectivity index (χ0) is 19.8. The van der Waals surface area contributed by atoms with Crippen LogP contribution < -0.4 is 0 Å². The average Bonchev–Trinajstić information content (AvgIpc) is 3.05. The summed E-state index contributed by atoms with van der Waals surface area (Å²) in [5, 5.41) is 10.4. The quantitative estimate of drug-likeness (QED) is 0.840. The third-order valence-electron chi connectivity index (χ3n) is 4.88. The summed E-state index contributed by atoms with van der Waals surface area (Å²) >= 11 is 1.21. The van der Waals surface area contributed by atoms with Crippen molar-refractivity contribution in [2.75, 3.05) is 6.26 Å². The van der Waals surface area contributed by atoms with Gasteiger partial charge in [-0.3, -0.25) is 4.79 Å². The van der Waals surface area contributed by atoms with E-state index in [1.54, 1.807) is 0 Å². The monoisotopic (exact) mass is 408 g/mol. The maximum atomic E-state index is 13.0. The fraction of sp³-hybridized carbons (Fsp3) is 0.474. The Bertz CT molecular complexity index is 944. The highest BCUT2D eigenvalue weighted by molar-refractivity contribution is 7.89. The van der Waals surface area contributed by atoms with Gasteiger partial charge in [-0.25, -0.2) is 17.7 Å². The number of benzene rings is 1. The minimum Gasteiger partial charge on any atom is -0.393 e. The Balaban J connectivity index is 1.90. The van der Waals surface area contributed by atoms with Crippen LogP contribution in [-0.2, 0) is 10.0 Å². The third kappa shape index (κ3) is 4.39. The molecule has 1 heterocycles. The number of aryl methyl sites for hydroxylation is 2. The van der Waals surface area contributed by atoms with Gasteiger partial charge in [0.1, 0.15) is 9.88 Å². The zero-order valence-corrected chi connectivity index (χ0v) is 17.3. The molecule has 8 heteroatoms. The molecule has 1 amide bonds. The van der Waals surface area contributed by atoms with Gasteiger partial charge in [0.15, 0.2) is 0 Å². The minimum atomic E-state index is -3.72. The van der Waals surface area contributed by atoms with Gasteiger partial charge in [0.05, 0.1) is 18.6 Å². The molecular weight excluding hydrogens is 384 g/mol. The molecule has 1 aromatic heterocycles. The maximum absolute atomic E-state index is 13.0. The summed E-state index contributed by atoms with van der Waals surface area (Å²) in [7, 11) is -3.72. The first-order chi connectivity index (χ1) is 12.7. The number of hydrogen-bond donors (Lipinski definition) is 1. The van der Waals surface area contributed by atoms with E-state index >= 15 is 0 Å². The summed E-state index contributed by atoms with van der Waals surface area (Å²) in [6.07, 6.45) is 4.04. The maximum Gasteiger partial charge on any atom is 0.279 e. The summed E-state index contributed by atoms with van der Waals surface area (Å²) in [6.45, 7) is 4.00. The second-order valence-electron chi connectivity index (χ2n) is 7.17. The molecule has 1 fully saturated rings. The highest BCUT2D eigenvalue weighted by Crippen LogP contribution is 2.31. The second kappa shape index (κ2) is 7.69. The van der Waals surface area contributed by atoms with Crippen molar-refractivity contribution in [3.8, 4) is 10.6 Å². The number of nitrogens with zero attached hydrogens (tertiary/aromatic N) is 2. The Labute approximate surface area is 163 Å². The average molecular weight is 409 g/mol. The van der Waals surface area contributed by atoms with Gasteiger partial charge in [-0.05, 0) is 45.1 Å². The Hall–Kier alpha value is -1.77. The van der Waals surface area contributed by atoms with Crippen molar-refractivity contribution in [2.24, 2.45) is 0 Å². The van der Waals surface area contributed by atoms with Gasteiger partial charge < -0.3 is 5.11 Å². The van der Waals surface area contributed by atoms with Crippen molar-refractivity contribution in [1.29, 1.82) is 0 Å². The molecule has 1 N–H and O–H groups in total. The summed E-state index contributed by atoms with van der Waals surface area (Å²) in [6, 6.07) is 5.59. The van der Waals surface area contributed by atoms with Crippen LogP contribution in [0.25, 0.3) is 10.6 Å². The van der Waals surface area contributed by atoms with Gasteiger partial charge in [-0.1, -0.05) is 23.8 Å². The van der Waals surface area contributed by atoms with Gasteiger partial charge >= 0.3 is 0 Å². The molecule has 1 saturated carbocycles. The molecule has 1 aliphatic carbocycles. The number of sulfonamides is 1. The molecule has 0 saturated heterocycles. The van der Waals surface area contributed by atoms with E-state index < -0.39 is 28.1 Å². The fourth-order valence-corrected chi connectivity index (χ4v) is 5.69. The molecule has 27 heavy (non-hydrogen) atoms. The van der Waals surface area contributed by atoms with E-state index in [0.29, 0.717) is 35.6 Å². The van der Waals surface area contributed by atoms with E-state index in [2.05, 4.69) is 4.98 Å². The second-order valence-corrected chi connectivity index (χ2v) is 10.1. The van der Waals surface area contributed by atoms with Crippen LogP contribution in [0.1, 0.15) is 46.5 Å². The Morgan fingerprint density at radius 3 is 2.48 bits per heavy atom. The smallest absolute Gasteiger partial charge is 0.279 e. The van der Waals surface area contributed by atoms with E-state index in [0.717, 1.165) is 27.3 Å². The van der Waals surface area contributed by atoms with Crippen LogP contribution in [0.2, 0.25) is 0 Å². The Morgan fingerprint density at radius 2 is 1.89 bits per heavy atom. The SMILES string of the molecule is Cc1ccc(-c2ncc(C(=O)N(C3CCC(O)CC3)S(C)(=O)=O)s2)c(C)c1. The molecule has 1 aromatic carbocycles. The molecule has 0 aliphatic heterocycles. The number of amides is 1. The largest absolute Gasteiger partial charge is 0.393 e. The summed E-state index contributed by atoms with van der Waals surface area (Å²) in [5.41, 5.74) is 3.15. The van der Waals surface area contributed by atoms with Gasteiger partial charge in [-0.2, -0.15) is 0 Å². The number of hydrogen-bond acceptors (Lipinski definition) is 6. The summed E-state index contributed by atoms with van der Waals surface area (Å²) in [4.78, 5) is 17.7. The molecule has 0 bridgehead atoms. The van der Waals surface area contributed by atoms with Crippen LogP contribution >= 0.6 is 11.3 Å². The number of carbonyl (C=O) groups is 1. The van der Waals surface area contributed by atoms with Crippen LogP contribution in [0.3, 0.4) is 0 Å². The summed E-state index contributed by atoms with van der Waals surface area (Å²) < 4.78 is 25.6. The molecule has 3 rings (SSSR count). The van der Waals surface area contributed by atoms with Crippen molar-refractivity contribution >= 4 is 27.3 Å². The molecule has 0 unspecified atom stereocenters. The molecule has 0 spiro atoms. The van der Waals surface area contributed by atoms with Crippen molar-refractivity contribution in [3.63, 3.8) is 0 Å². The van der Waals surface area contributed by atoms with Crippen molar-refractivity contribution < 1.29 is 18.3 Å². The topological polar surface area (TPSA) is 87.6 Å². The number of thiazole rings is 1. The third-order valence-corrected chi connectivity index (χ3v) is 7.08. The Kier molecular flexibility index (Phi) is 5.69. The van der Waals surface area contributed by atoms with Crippen molar-refractivity contribution in [3.05, 3.63) is 40.4 Å². The van der Waals surface area contributed by atoms with E-state index in [-0.39, 0.29) is 0 Å². The van der Waals surface area contributed by atoms with Crippen LogP contribution in [0.4, 0.5) is 0 Å². The fourth-order valence-electron chi connectivity index (χ4n) is 3.54. The molecule has 0 atom stereocenters. The van der Waals surface area contributed by atoms with Crippen LogP contribution in [-0.4, -0.2) is 47.1 Å². The van der Waals surface area contributed by atoms with E-state index in [9.17, 15) is 18.3 Å². The number of aliphatic hydroxyl groups is 1. The molecular formula is C19H24N2O4S2. The first kappa shape index (κ1) is 20.0. The van der Waals surface area contributed by atoms with Gasteiger partial charge in [-0.15, -0.1) is 11.3 Å². The lowest BCUT2D eigenvalue weighted by atomic mass is 9.93. The lowest BCUT2D eigenvalue weighted by molar-refractivity contribution is 0.0698. The molecule has 6 nitrogen and oxygen atoms in total. The highest BCUT2D eigenvalue weighted by atomic mass is 32.2. The first-order valence-corrected chi connectivity index (χ1v) is 11.6. The predicted molar refractivity (Wildman–Crippen MR) is 106 cm³/mol. The van der Waals surface area contributed by atoms with Gasteiger partial charge in [0, 0.05) is 11.6 Å². The first-order valence-electron chi connectivity index (χ1n) is 8.92. The Morgan fingerprint density at radius 1 is 1.22 bits per heavy atom. The van der Waals surface area contributed by atoms with Crippen LogP contribution in [0, 0.1) is 13.8 Å². The number of carbonyl (C=O) groups excluding carboxylic acids is 1. The van der Waals surface area contributed by atoms with Crippen molar-refractivity contribution in [2.45, 2.75) is 51.7 Å². The van der Waals surface area contributed by atoms with E-state index in [1.807, 2.05) is 32.0 Å². The van der Waals surface area contributed by atoms with Crippen molar-refractivity contribution in [1.82, 2.24) is 9.29 Å². The molecule has 146 valence electrons. The normalized spacial score (nSPS) is 20.4. The van der Waals surface area contributed by atoms with E-state index in [1.165, 1.54) is 17.5 Å². The molecule has 0 radical (unpaired) electrons. The lowest BCUT2D eigenvalue weighted by Gasteiger charge is -2.33. The minimum absolute atomic E-state index is 0.307. The standard InChI is InChI=1S/C19H24N2O4S2/c1-12-4-9-16(13(2)10-12)18-20-11-17(26-18)19(23)21(27(3,24)25)14-5-7-15(22)8-6-14/h4,9-11,14-15,22H,5-8H2,1-3H3. The summed E-state index contributed by atoms with van der Waals surface area (Å²) in [5.74, 6) is -0.535. The lowest BCUT2D eigenvalue weighted by Crippen LogP contribution is -2.46. The number of rotatable bonds is 4. The zero-order valence-electron chi connectivity index (χ0n) is 15.7. The number of aromatic nitrogens is 1. The van der Waals surface area contributed by atoms with Gasteiger partial charge in [0.2, 0.25) is 10.0 Å². The highest BCUT2D eigenvalue weighted by Gasteiger charge is 2.35.